The molecule has 0 spiro atoms. The van der Waals surface area contributed by atoms with E-state index in [-0.39, 0.29) is 0 Å². The smallest absolute Gasteiger partial charge is 0.246 e. The summed E-state index contributed by atoms with van der Waals surface area (Å²) in [7, 11) is 4.12. The summed E-state index contributed by atoms with van der Waals surface area (Å²) in [5, 5.41) is 0.887. The summed E-state index contributed by atoms with van der Waals surface area (Å²) >= 11 is 1.61. The summed E-state index contributed by atoms with van der Waals surface area (Å²) in [5.41, 5.74) is 8.93. The highest BCUT2D eigenvalue weighted by Crippen LogP contribution is 2.44. The van der Waals surface area contributed by atoms with Crippen molar-refractivity contribution < 1.29 is 9.47 Å². The van der Waals surface area contributed by atoms with Gasteiger partial charge < -0.3 is 24.7 Å². The lowest BCUT2D eigenvalue weighted by Gasteiger charge is -2.16. The van der Waals surface area contributed by atoms with Crippen LogP contribution in [0.5, 0.6) is 11.5 Å². The summed E-state index contributed by atoms with van der Waals surface area (Å²) in [6.07, 6.45) is 1.73. The van der Waals surface area contributed by atoms with Gasteiger partial charge in [-0.15, -0.1) is 0 Å². The highest BCUT2D eigenvalue weighted by Gasteiger charge is 2.32. The van der Waals surface area contributed by atoms with Gasteiger partial charge in [0.2, 0.25) is 5.79 Å². The van der Waals surface area contributed by atoms with Crippen LogP contribution in [-0.4, -0.2) is 45.9 Å². The van der Waals surface area contributed by atoms with Crippen molar-refractivity contribution in [3.63, 3.8) is 0 Å². The molecule has 3 aromatic rings. The average molecular weight is 430 g/mol. The summed E-state index contributed by atoms with van der Waals surface area (Å²) in [6.45, 7) is 11.6. The SMILES string of the molecule is CC.Cc1cc2c(cc1Sc1nc3c(N)nccc3n1CCN(C)C)OC(C)(C)O2. The minimum absolute atomic E-state index is 0.451. The fourth-order valence-electron chi connectivity index (χ4n) is 3.21. The normalized spacial score (nSPS) is 14.1. The van der Waals surface area contributed by atoms with Crippen LogP contribution in [0.3, 0.4) is 0 Å². The van der Waals surface area contributed by atoms with Gasteiger partial charge in [0.15, 0.2) is 22.5 Å². The predicted octanol–water partition coefficient (Wildman–Crippen LogP) is 4.57. The Balaban J connectivity index is 0.00000124. The van der Waals surface area contributed by atoms with E-state index in [1.54, 1.807) is 18.0 Å². The molecule has 0 aliphatic carbocycles. The van der Waals surface area contributed by atoms with Gasteiger partial charge in [0.05, 0.1) is 5.52 Å². The number of rotatable bonds is 5. The Morgan fingerprint density at radius 1 is 1.17 bits per heavy atom. The minimum atomic E-state index is -0.642. The van der Waals surface area contributed by atoms with Crippen LogP contribution in [0.4, 0.5) is 5.82 Å². The first-order chi connectivity index (χ1) is 14.2. The minimum Gasteiger partial charge on any atom is -0.449 e. The molecule has 0 fully saturated rings. The Morgan fingerprint density at radius 3 is 2.50 bits per heavy atom. The number of hydrogen-bond acceptors (Lipinski definition) is 7. The van der Waals surface area contributed by atoms with Gasteiger partial charge in [-0.25, -0.2) is 9.97 Å². The number of imidazole rings is 1. The summed E-state index contributed by atoms with van der Waals surface area (Å²) in [6, 6.07) is 6.02. The summed E-state index contributed by atoms with van der Waals surface area (Å²) in [4.78, 5) is 12.2. The van der Waals surface area contributed by atoms with Crippen molar-refractivity contribution in [3.8, 4) is 11.5 Å². The molecule has 0 amide bonds. The highest BCUT2D eigenvalue weighted by atomic mass is 32.2. The zero-order valence-corrected chi connectivity index (χ0v) is 19.6. The predicted molar refractivity (Wildman–Crippen MR) is 122 cm³/mol. The lowest BCUT2D eigenvalue weighted by atomic mass is 10.2. The van der Waals surface area contributed by atoms with E-state index in [4.69, 9.17) is 20.2 Å². The molecule has 162 valence electrons. The Labute approximate surface area is 182 Å². The highest BCUT2D eigenvalue weighted by molar-refractivity contribution is 7.99. The molecule has 8 heteroatoms. The molecule has 1 aromatic carbocycles. The van der Waals surface area contributed by atoms with E-state index < -0.39 is 5.79 Å². The third-order valence-electron chi connectivity index (χ3n) is 4.59. The van der Waals surface area contributed by atoms with Crippen LogP contribution in [0.1, 0.15) is 33.3 Å². The van der Waals surface area contributed by atoms with E-state index in [2.05, 4.69) is 35.5 Å². The standard InChI is InChI=1S/C20H25N5O2S.C2H6/c1-12-10-14-15(27-20(2,3)26-14)11-16(12)28-19-23-17-13(6-7-22-18(17)21)25(19)9-8-24(4)5;1-2/h6-7,10-11H,8-9H2,1-5H3,(H2,21,22);1-2H3. The molecule has 30 heavy (non-hydrogen) atoms. The molecule has 0 radical (unpaired) electrons. The van der Waals surface area contributed by atoms with Gasteiger partial charge in [0.25, 0.3) is 0 Å². The molecule has 1 aliphatic heterocycles. The first-order valence-corrected chi connectivity index (χ1v) is 11.0. The van der Waals surface area contributed by atoms with Crippen LogP contribution in [0.15, 0.2) is 34.4 Å². The number of aryl methyl sites for hydroxylation is 1. The molecule has 0 bridgehead atoms. The van der Waals surface area contributed by atoms with E-state index in [1.165, 1.54) is 0 Å². The van der Waals surface area contributed by atoms with Crippen molar-refractivity contribution in [1.29, 1.82) is 0 Å². The number of ether oxygens (including phenoxy) is 2. The van der Waals surface area contributed by atoms with E-state index >= 15 is 0 Å². The lowest BCUT2D eigenvalue weighted by Crippen LogP contribution is -2.29. The number of likely N-dealkylation sites (N-methyl/N-ethyl adjacent to an activating group) is 1. The molecular weight excluding hydrogens is 398 g/mol. The Morgan fingerprint density at radius 2 is 1.83 bits per heavy atom. The van der Waals surface area contributed by atoms with Crippen LogP contribution in [-0.2, 0) is 6.54 Å². The van der Waals surface area contributed by atoms with Crippen LogP contribution in [0, 0.1) is 6.92 Å². The van der Waals surface area contributed by atoms with Crippen LogP contribution < -0.4 is 15.2 Å². The molecule has 2 aromatic heterocycles. The van der Waals surface area contributed by atoms with Crippen LogP contribution in [0.25, 0.3) is 11.0 Å². The second-order valence-electron chi connectivity index (χ2n) is 7.68. The second kappa shape index (κ2) is 8.73. The second-order valence-corrected chi connectivity index (χ2v) is 8.69. The molecule has 4 rings (SSSR count). The molecule has 0 unspecified atom stereocenters. The zero-order valence-electron chi connectivity index (χ0n) is 18.8. The molecule has 7 nitrogen and oxygen atoms in total. The van der Waals surface area contributed by atoms with Gasteiger partial charge in [-0.3, -0.25) is 0 Å². The van der Waals surface area contributed by atoms with Gasteiger partial charge in [0, 0.05) is 38.0 Å². The van der Waals surface area contributed by atoms with E-state index in [0.29, 0.717) is 5.82 Å². The van der Waals surface area contributed by atoms with Crippen LogP contribution in [0.2, 0.25) is 0 Å². The van der Waals surface area contributed by atoms with Crippen molar-refractivity contribution in [3.05, 3.63) is 30.0 Å². The topological polar surface area (TPSA) is 78.4 Å². The Hall–Kier alpha value is -2.45. The molecular formula is C22H31N5O2S. The van der Waals surface area contributed by atoms with Gasteiger partial charge in [-0.05, 0) is 44.8 Å². The fraction of sp³-hybridized carbons (Fsp3) is 0.455. The van der Waals surface area contributed by atoms with Gasteiger partial charge in [-0.2, -0.15) is 0 Å². The number of hydrogen-bond donors (Lipinski definition) is 1. The number of nitrogens with zero attached hydrogens (tertiary/aromatic N) is 4. The van der Waals surface area contributed by atoms with Crippen molar-refractivity contribution >= 4 is 28.6 Å². The quantitative estimate of drug-likeness (QED) is 0.636. The zero-order chi connectivity index (χ0) is 22.1. The number of pyridine rings is 1. The van der Waals surface area contributed by atoms with Gasteiger partial charge in [0.1, 0.15) is 5.52 Å². The number of benzene rings is 1. The van der Waals surface area contributed by atoms with E-state index in [9.17, 15) is 0 Å². The van der Waals surface area contributed by atoms with Crippen molar-refractivity contribution in [1.82, 2.24) is 19.4 Å². The van der Waals surface area contributed by atoms with Crippen molar-refractivity contribution in [2.24, 2.45) is 0 Å². The number of fused-ring (bicyclic) bond motifs is 2. The third kappa shape index (κ3) is 4.49. The molecule has 3 heterocycles. The third-order valence-corrected chi connectivity index (χ3v) is 5.74. The van der Waals surface area contributed by atoms with Crippen molar-refractivity contribution in [2.75, 3.05) is 26.4 Å². The van der Waals surface area contributed by atoms with E-state index in [1.807, 2.05) is 45.9 Å². The lowest BCUT2D eigenvalue weighted by molar-refractivity contribution is -0.0432. The Kier molecular flexibility index (Phi) is 6.47. The van der Waals surface area contributed by atoms with E-state index in [0.717, 1.165) is 51.2 Å². The molecule has 1 aliphatic rings. The number of nitrogen functional groups attached to an aromatic ring is 1. The fourth-order valence-corrected chi connectivity index (χ4v) is 4.23. The molecule has 0 atom stereocenters. The number of nitrogens with two attached hydrogens (primary N) is 1. The first-order valence-electron chi connectivity index (χ1n) is 10.2. The number of anilines is 1. The maximum atomic E-state index is 6.08. The van der Waals surface area contributed by atoms with Gasteiger partial charge in [-0.1, -0.05) is 25.6 Å². The Bertz CT molecular complexity index is 1050. The molecule has 2 N–H and O–H groups in total. The maximum absolute atomic E-state index is 6.08. The summed E-state index contributed by atoms with van der Waals surface area (Å²) < 4.78 is 14.0. The number of aromatic nitrogens is 3. The molecule has 0 saturated heterocycles. The maximum Gasteiger partial charge on any atom is 0.246 e. The van der Waals surface area contributed by atoms with Crippen LogP contribution >= 0.6 is 11.8 Å². The largest absolute Gasteiger partial charge is 0.449 e. The monoisotopic (exact) mass is 429 g/mol. The van der Waals surface area contributed by atoms with Gasteiger partial charge >= 0.3 is 0 Å². The first kappa shape index (κ1) is 22.2. The van der Waals surface area contributed by atoms with Crippen molar-refractivity contribution in [2.45, 2.75) is 57.0 Å². The average Bonchev–Trinajstić information content (AvgIpc) is 3.18. The molecule has 0 saturated carbocycles. The summed E-state index contributed by atoms with van der Waals surface area (Å²) in [5.74, 6) is 1.35.